The second kappa shape index (κ2) is 8.19. The summed E-state index contributed by atoms with van der Waals surface area (Å²) in [5.41, 5.74) is 1.99. The molecule has 1 amide bonds. The molecule has 0 fully saturated rings. The predicted octanol–water partition coefficient (Wildman–Crippen LogP) is 2.72. The van der Waals surface area contributed by atoms with Crippen LogP contribution >= 0.6 is 0 Å². The van der Waals surface area contributed by atoms with Gasteiger partial charge in [0, 0.05) is 12.1 Å². The highest BCUT2D eigenvalue weighted by Gasteiger charge is 2.38. The van der Waals surface area contributed by atoms with Crippen molar-refractivity contribution < 1.29 is 28.6 Å². The summed E-state index contributed by atoms with van der Waals surface area (Å²) >= 11 is 0. The molecule has 1 N–H and O–H groups in total. The van der Waals surface area contributed by atoms with Crippen LogP contribution in [0.4, 0.5) is 5.69 Å². The van der Waals surface area contributed by atoms with E-state index in [2.05, 4.69) is 10.2 Å². The van der Waals surface area contributed by atoms with Gasteiger partial charge in [0.05, 0.1) is 10.5 Å². The first kappa shape index (κ1) is 21.4. The van der Waals surface area contributed by atoms with Crippen molar-refractivity contribution in [3.05, 3.63) is 39.9 Å². The molecule has 1 aromatic carbocycles. The Balaban J connectivity index is 2.54. The van der Waals surface area contributed by atoms with E-state index in [1.54, 1.807) is 0 Å². The second-order valence-electron chi connectivity index (χ2n) is 7.13. The molecule has 0 aliphatic carbocycles. The van der Waals surface area contributed by atoms with E-state index in [-0.39, 0.29) is 16.3 Å². The number of hydroxylamine groups is 1. The maximum absolute atomic E-state index is 11.8. The van der Waals surface area contributed by atoms with Crippen LogP contribution in [0.2, 0.25) is 18.1 Å². The van der Waals surface area contributed by atoms with E-state index in [1.165, 1.54) is 0 Å². The molecule has 0 bridgehead atoms. The second-order valence-corrected chi connectivity index (χ2v) is 11.9. The topological polar surface area (TPSA) is 125 Å². The third kappa shape index (κ3) is 6.04. The average molecular weight is 382 g/mol. The summed E-state index contributed by atoms with van der Waals surface area (Å²) in [6, 6.07) is 4.55. The quantitative estimate of drug-likeness (QED) is 0.264. The molecule has 9 nitrogen and oxygen atoms in total. The van der Waals surface area contributed by atoms with Gasteiger partial charge < -0.3 is 9.26 Å². The Morgan fingerprint density at radius 1 is 1.15 bits per heavy atom. The fourth-order valence-corrected chi connectivity index (χ4v) is 2.10. The predicted molar refractivity (Wildman–Crippen MR) is 94.6 cm³/mol. The number of carbonyl (C=O) groups excluding carboxylic acids is 3. The highest BCUT2D eigenvalue weighted by atomic mass is 28.4. The Labute approximate surface area is 151 Å². The van der Waals surface area contributed by atoms with Crippen molar-refractivity contribution >= 4 is 31.9 Å². The Kier molecular flexibility index (Phi) is 6.76. The molecule has 0 aliphatic rings. The molecule has 0 unspecified atom stereocenters. The van der Waals surface area contributed by atoms with Gasteiger partial charge in [-0.1, -0.05) is 20.8 Å². The molecular formula is C16H22N2O7Si. The van der Waals surface area contributed by atoms with Gasteiger partial charge in [-0.3, -0.25) is 19.7 Å². The van der Waals surface area contributed by atoms with Gasteiger partial charge in [0.2, 0.25) is 8.32 Å². The van der Waals surface area contributed by atoms with Gasteiger partial charge in [-0.25, -0.2) is 10.3 Å². The van der Waals surface area contributed by atoms with Crippen molar-refractivity contribution in [3.63, 3.8) is 0 Å². The van der Waals surface area contributed by atoms with Crippen LogP contribution in [-0.2, 0) is 18.9 Å². The van der Waals surface area contributed by atoms with E-state index in [9.17, 15) is 24.5 Å². The van der Waals surface area contributed by atoms with Gasteiger partial charge in [0.15, 0.2) is 0 Å². The molecule has 0 atom stereocenters. The van der Waals surface area contributed by atoms with Crippen molar-refractivity contribution in [2.24, 2.45) is 0 Å². The number of hydrogen-bond acceptors (Lipinski definition) is 7. The Morgan fingerprint density at radius 2 is 1.69 bits per heavy atom. The summed E-state index contributed by atoms with van der Waals surface area (Å²) in [5, 5.41) is 10.4. The van der Waals surface area contributed by atoms with Gasteiger partial charge in [0.25, 0.3) is 11.6 Å². The summed E-state index contributed by atoms with van der Waals surface area (Å²) < 4.78 is 10.0. The number of amides is 1. The highest BCUT2D eigenvalue weighted by Crippen LogP contribution is 2.35. The lowest BCUT2D eigenvalue weighted by atomic mass is 10.2. The van der Waals surface area contributed by atoms with Crippen LogP contribution < -0.4 is 5.48 Å². The number of non-ortho nitro benzene ring substituents is 1. The number of carbonyl (C=O) groups is 3. The minimum Gasteiger partial charge on any atom is -0.389 e. The van der Waals surface area contributed by atoms with Crippen LogP contribution in [0.15, 0.2) is 24.3 Å². The van der Waals surface area contributed by atoms with E-state index in [1.807, 2.05) is 33.9 Å². The van der Waals surface area contributed by atoms with Crippen LogP contribution in [0, 0.1) is 10.1 Å². The molecule has 0 spiro atoms. The Morgan fingerprint density at radius 3 is 2.15 bits per heavy atom. The minimum atomic E-state index is -2.22. The number of nitrogens with one attached hydrogen (secondary N) is 1. The summed E-state index contributed by atoms with van der Waals surface area (Å²) in [4.78, 5) is 45.2. The molecule has 0 radical (unpaired) electrons. The van der Waals surface area contributed by atoms with E-state index < -0.39 is 37.5 Å². The lowest BCUT2D eigenvalue weighted by molar-refractivity contribution is -0.384. The standard InChI is InChI=1S/C16H22N2O7Si/c1-16(2,3)26(4,5)25-17-13(19)10-14(20)24-15(21)11-6-8-12(9-7-11)18(22)23/h6-9H,10H2,1-5H3,(H,17,19). The first-order chi connectivity index (χ1) is 11.8. The summed E-state index contributed by atoms with van der Waals surface area (Å²) in [6.07, 6.45) is -0.687. The average Bonchev–Trinajstić information content (AvgIpc) is 2.51. The number of ether oxygens (including phenoxy) is 1. The van der Waals surface area contributed by atoms with Crippen LogP contribution in [0.5, 0.6) is 0 Å². The fourth-order valence-electron chi connectivity index (χ4n) is 1.42. The number of hydrogen-bond donors (Lipinski definition) is 1. The SMILES string of the molecule is CC(C)(C)[Si](C)(C)ONC(=O)CC(=O)OC(=O)c1ccc([N+](=O)[O-])cc1. The number of esters is 2. The molecule has 0 saturated heterocycles. The summed E-state index contributed by atoms with van der Waals surface area (Å²) in [5.74, 6) is -2.77. The van der Waals surface area contributed by atoms with Crippen molar-refractivity contribution in [1.29, 1.82) is 0 Å². The Bertz CT molecular complexity index is 708. The molecule has 0 aliphatic heterocycles. The van der Waals surface area contributed by atoms with E-state index in [4.69, 9.17) is 4.53 Å². The van der Waals surface area contributed by atoms with Crippen LogP contribution in [0.3, 0.4) is 0 Å². The monoisotopic (exact) mass is 382 g/mol. The number of nitro groups is 1. The van der Waals surface area contributed by atoms with Gasteiger partial charge >= 0.3 is 11.9 Å². The zero-order valence-corrected chi connectivity index (χ0v) is 16.3. The third-order valence-corrected chi connectivity index (χ3v) is 8.28. The minimum absolute atomic E-state index is 0.0399. The van der Waals surface area contributed by atoms with Crippen molar-refractivity contribution in [1.82, 2.24) is 5.48 Å². The molecule has 0 aromatic heterocycles. The van der Waals surface area contributed by atoms with Crippen LogP contribution in [0.1, 0.15) is 37.6 Å². The largest absolute Gasteiger partial charge is 0.389 e. The Hall–Kier alpha value is -2.59. The normalized spacial score (nSPS) is 11.6. The van der Waals surface area contributed by atoms with E-state index >= 15 is 0 Å². The van der Waals surface area contributed by atoms with Gasteiger partial charge in [-0.15, -0.1) is 0 Å². The molecule has 26 heavy (non-hydrogen) atoms. The zero-order chi connectivity index (χ0) is 20.1. The van der Waals surface area contributed by atoms with Gasteiger partial charge in [0.1, 0.15) is 6.42 Å². The molecule has 0 saturated carbocycles. The molecular weight excluding hydrogens is 360 g/mol. The third-order valence-electron chi connectivity index (χ3n) is 4.05. The molecule has 142 valence electrons. The van der Waals surface area contributed by atoms with Gasteiger partial charge in [-0.2, -0.15) is 0 Å². The molecule has 1 aromatic rings. The smallest absolute Gasteiger partial charge is 0.345 e. The van der Waals surface area contributed by atoms with Crippen LogP contribution in [-0.4, -0.2) is 31.1 Å². The lowest BCUT2D eigenvalue weighted by Gasteiger charge is -2.35. The molecule has 1 rings (SSSR count). The van der Waals surface area contributed by atoms with E-state index in [0.29, 0.717) is 0 Å². The van der Waals surface area contributed by atoms with Crippen molar-refractivity contribution in [2.45, 2.75) is 45.3 Å². The van der Waals surface area contributed by atoms with Crippen molar-refractivity contribution in [3.8, 4) is 0 Å². The van der Waals surface area contributed by atoms with E-state index in [0.717, 1.165) is 24.3 Å². The maximum Gasteiger partial charge on any atom is 0.345 e. The number of nitro benzene ring substituents is 1. The van der Waals surface area contributed by atoms with Crippen molar-refractivity contribution in [2.75, 3.05) is 0 Å². The fraction of sp³-hybridized carbons (Fsp3) is 0.438. The lowest BCUT2D eigenvalue weighted by Crippen LogP contribution is -2.46. The maximum atomic E-state index is 11.8. The number of benzene rings is 1. The highest BCUT2D eigenvalue weighted by molar-refractivity contribution is 6.74. The molecule has 10 heteroatoms. The summed E-state index contributed by atoms with van der Waals surface area (Å²) in [7, 11) is -2.22. The zero-order valence-electron chi connectivity index (χ0n) is 15.3. The number of rotatable bonds is 6. The number of nitrogens with zero attached hydrogens (tertiary/aromatic N) is 1. The summed E-state index contributed by atoms with van der Waals surface area (Å²) in [6.45, 7) is 9.81. The van der Waals surface area contributed by atoms with Crippen LogP contribution in [0.25, 0.3) is 0 Å². The first-order valence-corrected chi connectivity index (χ1v) is 10.7. The molecule has 0 heterocycles. The van der Waals surface area contributed by atoms with Gasteiger partial charge in [-0.05, 0) is 30.3 Å². The first-order valence-electron chi connectivity index (χ1n) is 7.80.